The highest BCUT2D eigenvalue weighted by Gasteiger charge is 2.27. The third-order valence-corrected chi connectivity index (χ3v) is 3.79. The van der Waals surface area contributed by atoms with Gasteiger partial charge in [-0.1, -0.05) is 30.3 Å². The fourth-order valence-electron chi connectivity index (χ4n) is 2.62. The van der Waals surface area contributed by atoms with Crippen molar-refractivity contribution in [3.8, 4) is 0 Å². The lowest BCUT2D eigenvalue weighted by Crippen LogP contribution is -2.46. The summed E-state index contributed by atoms with van der Waals surface area (Å²) in [5, 5.41) is 8.89. The Morgan fingerprint density at radius 3 is 2.74 bits per heavy atom. The van der Waals surface area contributed by atoms with Crippen molar-refractivity contribution in [3.63, 3.8) is 0 Å². The van der Waals surface area contributed by atoms with E-state index in [4.69, 9.17) is 14.3 Å². The SMILES string of the molecule is O=C(O)c1coc(C(=O)N2CCOC(Cc3ccccc3)C2)c1. The van der Waals surface area contributed by atoms with Crippen molar-refractivity contribution in [2.45, 2.75) is 12.5 Å². The third kappa shape index (κ3) is 3.60. The van der Waals surface area contributed by atoms with E-state index in [1.807, 2.05) is 30.3 Å². The molecule has 3 rings (SSSR count). The van der Waals surface area contributed by atoms with Crippen LogP contribution >= 0.6 is 0 Å². The van der Waals surface area contributed by atoms with Gasteiger partial charge in [-0.3, -0.25) is 4.79 Å². The number of ether oxygens (including phenoxy) is 1. The summed E-state index contributed by atoms with van der Waals surface area (Å²) in [4.78, 5) is 24.9. The van der Waals surface area contributed by atoms with Gasteiger partial charge >= 0.3 is 5.97 Å². The van der Waals surface area contributed by atoms with Crippen LogP contribution in [0.25, 0.3) is 0 Å². The number of amides is 1. The van der Waals surface area contributed by atoms with Crippen LogP contribution < -0.4 is 0 Å². The summed E-state index contributed by atoms with van der Waals surface area (Å²) in [6, 6.07) is 11.2. The predicted octanol–water partition coefficient (Wildman–Crippen LogP) is 2.06. The second-order valence-corrected chi connectivity index (χ2v) is 5.44. The molecule has 0 radical (unpaired) electrons. The minimum atomic E-state index is -1.11. The van der Waals surface area contributed by atoms with Crippen molar-refractivity contribution in [2.24, 2.45) is 0 Å². The van der Waals surface area contributed by atoms with Crippen molar-refractivity contribution in [3.05, 3.63) is 59.5 Å². The van der Waals surface area contributed by atoms with Gasteiger partial charge < -0.3 is 19.2 Å². The van der Waals surface area contributed by atoms with Crippen molar-refractivity contribution < 1.29 is 23.8 Å². The molecule has 1 atom stereocenters. The Morgan fingerprint density at radius 1 is 1.26 bits per heavy atom. The summed E-state index contributed by atoms with van der Waals surface area (Å²) < 4.78 is 10.8. The van der Waals surface area contributed by atoms with Crippen molar-refractivity contribution in [2.75, 3.05) is 19.7 Å². The van der Waals surface area contributed by atoms with Crippen molar-refractivity contribution in [1.82, 2.24) is 4.90 Å². The molecule has 1 saturated heterocycles. The number of carbonyl (C=O) groups is 2. The highest BCUT2D eigenvalue weighted by molar-refractivity contribution is 5.95. The summed E-state index contributed by atoms with van der Waals surface area (Å²) in [5.41, 5.74) is 1.13. The van der Waals surface area contributed by atoms with E-state index in [1.54, 1.807) is 4.90 Å². The van der Waals surface area contributed by atoms with Crippen LogP contribution in [0.15, 0.2) is 47.1 Å². The van der Waals surface area contributed by atoms with Gasteiger partial charge in [0.2, 0.25) is 0 Å². The lowest BCUT2D eigenvalue weighted by molar-refractivity contribution is -0.0217. The minimum absolute atomic E-state index is 0.0255. The van der Waals surface area contributed by atoms with Gasteiger partial charge in [0.05, 0.1) is 18.3 Å². The highest BCUT2D eigenvalue weighted by atomic mass is 16.5. The molecule has 0 spiro atoms. The monoisotopic (exact) mass is 315 g/mol. The van der Waals surface area contributed by atoms with Gasteiger partial charge in [-0.05, 0) is 5.56 Å². The molecule has 1 aromatic carbocycles. The molecule has 0 bridgehead atoms. The summed E-state index contributed by atoms with van der Waals surface area (Å²) in [6.07, 6.45) is 1.73. The Bertz CT molecular complexity index is 694. The Hall–Kier alpha value is -2.60. The van der Waals surface area contributed by atoms with E-state index in [1.165, 1.54) is 6.07 Å². The zero-order chi connectivity index (χ0) is 16.2. The van der Waals surface area contributed by atoms with Gasteiger partial charge in [0, 0.05) is 25.6 Å². The van der Waals surface area contributed by atoms with Gasteiger partial charge in [-0.25, -0.2) is 4.79 Å². The first-order valence-electron chi connectivity index (χ1n) is 7.40. The Kier molecular flexibility index (Phi) is 4.43. The second kappa shape index (κ2) is 6.66. The van der Waals surface area contributed by atoms with E-state index >= 15 is 0 Å². The molecule has 2 heterocycles. The number of benzene rings is 1. The molecule has 1 aliphatic heterocycles. The van der Waals surface area contributed by atoms with E-state index in [2.05, 4.69) is 0 Å². The number of aromatic carboxylic acids is 1. The fourth-order valence-corrected chi connectivity index (χ4v) is 2.62. The molecule has 23 heavy (non-hydrogen) atoms. The number of carbonyl (C=O) groups excluding carboxylic acids is 1. The molecular formula is C17H17NO5. The molecule has 1 aromatic heterocycles. The molecule has 0 saturated carbocycles. The second-order valence-electron chi connectivity index (χ2n) is 5.44. The number of rotatable bonds is 4. The summed E-state index contributed by atoms with van der Waals surface area (Å²) in [7, 11) is 0. The number of morpholine rings is 1. The van der Waals surface area contributed by atoms with Crippen LogP contribution in [0.1, 0.15) is 26.5 Å². The van der Waals surface area contributed by atoms with Crippen LogP contribution in [0.3, 0.4) is 0 Å². The molecule has 1 aliphatic rings. The van der Waals surface area contributed by atoms with Gasteiger partial charge in [0.15, 0.2) is 5.76 Å². The number of hydrogen-bond acceptors (Lipinski definition) is 4. The lowest BCUT2D eigenvalue weighted by atomic mass is 10.1. The van der Waals surface area contributed by atoms with Gasteiger partial charge in [0.25, 0.3) is 5.91 Å². The predicted molar refractivity (Wildman–Crippen MR) is 81.5 cm³/mol. The van der Waals surface area contributed by atoms with Gasteiger partial charge in [-0.2, -0.15) is 0 Å². The standard InChI is InChI=1S/C17H17NO5/c19-16(15-9-13(11-23-15)17(20)21)18-6-7-22-14(10-18)8-12-4-2-1-3-5-12/h1-5,9,11,14H,6-8,10H2,(H,20,21). The Labute approximate surface area is 133 Å². The molecule has 1 amide bonds. The Balaban J connectivity index is 1.65. The van der Waals surface area contributed by atoms with E-state index in [9.17, 15) is 9.59 Å². The Morgan fingerprint density at radius 2 is 2.04 bits per heavy atom. The normalized spacial score (nSPS) is 17.9. The quantitative estimate of drug-likeness (QED) is 0.934. The molecule has 6 heteroatoms. The zero-order valence-electron chi connectivity index (χ0n) is 12.5. The maximum atomic E-state index is 12.4. The lowest BCUT2D eigenvalue weighted by Gasteiger charge is -2.32. The maximum absolute atomic E-state index is 12.4. The van der Waals surface area contributed by atoms with E-state index in [0.717, 1.165) is 18.2 Å². The first-order chi connectivity index (χ1) is 11.1. The molecule has 0 aliphatic carbocycles. The summed E-state index contributed by atoms with van der Waals surface area (Å²) >= 11 is 0. The number of carboxylic acids is 1. The van der Waals surface area contributed by atoms with Crippen LogP contribution in [0, 0.1) is 0 Å². The van der Waals surface area contributed by atoms with Crippen molar-refractivity contribution >= 4 is 11.9 Å². The van der Waals surface area contributed by atoms with Crippen molar-refractivity contribution in [1.29, 1.82) is 0 Å². The van der Waals surface area contributed by atoms with Gasteiger partial charge in [0.1, 0.15) is 6.26 Å². The molecule has 6 nitrogen and oxygen atoms in total. The average molecular weight is 315 g/mol. The third-order valence-electron chi connectivity index (χ3n) is 3.79. The van der Waals surface area contributed by atoms with Crippen LogP contribution in [0.4, 0.5) is 0 Å². The largest absolute Gasteiger partial charge is 0.478 e. The molecule has 1 unspecified atom stereocenters. The van der Waals surface area contributed by atoms with Crippen LogP contribution in [0.2, 0.25) is 0 Å². The van der Waals surface area contributed by atoms with E-state index in [0.29, 0.717) is 19.7 Å². The molecule has 1 fully saturated rings. The maximum Gasteiger partial charge on any atom is 0.338 e. The molecule has 1 N–H and O–H groups in total. The molecular weight excluding hydrogens is 298 g/mol. The molecule has 2 aromatic rings. The fraction of sp³-hybridized carbons (Fsp3) is 0.294. The number of furan rings is 1. The zero-order valence-corrected chi connectivity index (χ0v) is 12.5. The van der Waals surface area contributed by atoms with Gasteiger partial charge in [-0.15, -0.1) is 0 Å². The molecule has 120 valence electrons. The summed E-state index contributed by atoms with van der Waals surface area (Å²) in [6.45, 7) is 1.37. The van der Waals surface area contributed by atoms with Crippen LogP contribution in [-0.4, -0.2) is 47.7 Å². The average Bonchev–Trinajstić information content (AvgIpc) is 3.06. The number of carboxylic acid groups (broad SMARTS) is 1. The minimum Gasteiger partial charge on any atom is -0.478 e. The topological polar surface area (TPSA) is 80.0 Å². The van der Waals surface area contributed by atoms with E-state index in [-0.39, 0.29) is 23.3 Å². The highest BCUT2D eigenvalue weighted by Crippen LogP contribution is 2.16. The first-order valence-corrected chi connectivity index (χ1v) is 7.40. The smallest absolute Gasteiger partial charge is 0.338 e. The number of hydrogen-bond donors (Lipinski definition) is 1. The van der Waals surface area contributed by atoms with Crippen LogP contribution in [-0.2, 0) is 11.2 Å². The summed E-state index contributed by atoms with van der Waals surface area (Å²) in [5.74, 6) is -1.38. The van der Waals surface area contributed by atoms with Crippen LogP contribution in [0.5, 0.6) is 0 Å². The number of nitrogens with zero attached hydrogens (tertiary/aromatic N) is 1. The first kappa shape index (κ1) is 15.3. The van der Waals surface area contributed by atoms with E-state index < -0.39 is 5.97 Å².